The molecule has 0 heterocycles. The fourth-order valence-electron chi connectivity index (χ4n) is 2.58. The van der Waals surface area contributed by atoms with E-state index in [1.165, 1.54) is 12.0 Å². The molecule has 2 heteroatoms. The van der Waals surface area contributed by atoms with Crippen LogP contribution in [0, 0.1) is 11.3 Å². The van der Waals surface area contributed by atoms with Gasteiger partial charge < -0.3 is 4.74 Å². The van der Waals surface area contributed by atoms with Crippen molar-refractivity contribution < 1.29 is 4.74 Å². The van der Waals surface area contributed by atoms with Gasteiger partial charge in [0.1, 0.15) is 11.5 Å². The number of hydrogen-bond acceptors (Lipinski definition) is 1. The standard InChI is InChI=1S/C18H19ClO/c1-18(2)12-16(18)17(19)13-8-10-15(11-9-13)20-14-6-4-3-5-7-14/h3-11,16-17H,12H2,1-2H3. The quantitative estimate of drug-likeness (QED) is 0.645. The molecule has 20 heavy (non-hydrogen) atoms. The second kappa shape index (κ2) is 5.14. The van der Waals surface area contributed by atoms with E-state index in [1.54, 1.807) is 0 Å². The minimum atomic E-state index is 0.107. The van der Waals surface area contributed by atoms with Crippen molar-refractivity contribution in [3.63, 3.8) is 0 Å². The zero-order valence-corrected chi connectivity index (χ0v) is 12.6. The van der Waals surface area contributed by atoms with Crippen LogP contribution in [-0.2, 0) is 0 Å². The van der Waals surface area contributed by atoms with Gasteiger partial charge in [0, 0.05) is 0 Å². The van der Waals surface area contributed by atoms with Gasteiger partial charge in [-0.25, -0.2) is 0 Å². The monoisotopic (exact) mass is 286 g/mol. The van der Waals surface area contributed by atoms with Crippen molar-refractivity contribution in [3.05, 3.63) is 60.2 Å². The molecular formula is C18H19ClO. The van der Waals surface area contributed by atoms with E-state index in [0.717, 1.165) is 11.5 Å². The van der Waals surface area contributed by atoms with Gasteiger partial charge in [-0.05, 0) is 47.6 Å². The smallest absolute Gasteiger partial charge is 0.127 e. The molecule has 0 saturated heterocycles. The SMILES string of the molecule is CC1(C)CC1C(Cl)c1ccc(Oc2ccccc2)cc1. The Balaban J connectivity index is 1.69. The molecule has 1 nitrogen and oxygen atoms in total. The van der Waals surface area contributed by atoms with Crippen LogP contribution in [0.1, 0.15) is 31.2 Å². The van der Waals surface area contributed by atoms with Crippen LogP contribution in [0.5, 0.6) is 11.5 Å². The highest BCUT2D eigenvalue weighted by Gasteiger charge is 2.49. The topological polar surface area (TPSA) is 9.23 Å². The summed E-state index contributed by atoms with van der Waals surface area (Å²) in [6.07, 6.45) is 1.21. The Morgan fingerprint density at radius 1 is 1.00 bits per heavy atom. The first-order valence-electron chi connectivity index (χ1n) is 7.03. The van der Waals surface area contributed by atoms with E-state index in [1.807, 2.05) is 42.5 Å². The summed E-state index contributed by atoms with van der Waals surface area (Å²) in [5, 5.41) is 0.107. The maximum absolute atomic E-state index is 6.56. The van der Waals surface area contributed by atoms with Crippen molar-refractivity contribution in [2.24, 2.45) is 11.3 Å². The summed E-state index contributed by atoms with van der Waals surface area (Å²) < 4.78 is 5.79. The van der Waals surface area contributed by atoms with Gasteiger partial charge in [0.25, 0.3) is 0 Å². The number of para-hydroxylation sites is 1. The lowest BCUT2D eigenvalue weighted by Gasteiger charge is -2.12. The predicted molar refractivity (Wildman–Crippen MR) is 83.4 cm³/mol. The number of ether oxygens (including phenoxy) is 1. The maximum atomic E-state index is 6.56. The lowest BCUT2D eigenvalue weighted by atomic mass is 10.0. The van der Waals surface area contributed by atoms with Gasteiger partial charge >= 0.3 is 0 Å². The fraction of sp³-hybridized carbons (Fsp3) is 0.333. The Labute approximate surface area is 125 Å². The van der Waals surface area contributed by atoms with Gasteiger partial charge in [0.2, 0.25) is 0 Å². The molecule has 2 unspecified atom stereocenters. The molecule has 3 rings (SSSR count). The number of alkyl halides is 1. The van der Waals surface area contributed by atoms with Crippen LogP contribution in [-0.4, -0.2) is 0 Å². The zero-order valence-electron chi connectivity index (χ0n) is 11.8. The van der Waals surface area contributed by atoms with E-state index in [0.29, 0.717) is 11.3 Å². The first kappa shape index (κ1) is 13.5. The van der Waals surface area contributed by atoms with E-state index in [9.17, 15) is 0 Å². The molecule has 104 valence electrons. The number of benzene rings is 2. The van der Waals surface area contributed by atoms with Crippen molar-refractivity contribution in [2.75, 3.05) is 0 Å². The minimum absolute atomic E-state index is 0.107. The minimum Gasteiger partial charge on any atom is -0.457 e. The Morgan fingerprint density at radius 2 is 1.55 bits per heavy atom. The summed E-state index contributed by atoms with van der Waals surface area (Å²) in [6.45, 7) is 4.56. The molecule has 1 saturated carbocycles. The Bertz CT molecular complexity index is 574. The molecule has 0 bridgehead atoms. The Kier molecular flexibility index (Phi) is 3.47. The average molecular weight is 287 g/mol. The third-order valence-corrected chi connectivity index (χ3v) is 4.68. The van der Waals surface area contributed by atoms with E-state index < -0.39 is 0 Å². The second-order valence-corrected chi connectivity index (χ2v) is 6.66. The fourth-order valence-corrected chi connectivity index (χ4v) is 3.16. The molecule has 0 aromatic heterocycles. The molecule has 0 amide bonds. The lowest BCUT2D eigenvalue weighted by Crippen LogP contribution is -1.99. The van der Waals surface area contributed by atoms with Crippen LogP contribution in [0.4, 0.5) is 0 Å². The van der Waals surface area contributed by atoms with Crippen LogP contribution >= 0.6 is 11.6 Å². The largest absolute Gasteiger partial charge is 0.457 e. The summed E-state index contributed by atoms with van der Waals surface area (Å²) in [5.41, 5.74) is 1.58. The van der Waals surface area contributed by atoms with Crippen molar-refractivity contribution in [2.45, 2.75) is 25.6 Å². The van der Waals surface area contributed by atoms with E-state index >= 15 is 0 Å². The molecular weight excluding hydrogens is 268 g/mol. The van der Waals surface area contributed by atoms with E-state index in [4.69, 9.17) is 16.3 Å². The summed E-state index contributed by atoms with van der Waals surface area (Å²) in [5.74, 6) is 2.29. The number of rotatable bonds is 4. The van der Waals surface area contributed by atoms with Crippen LogP contribution in [0.15, 0.2) is 54.6 Å². The molecule has 0 spiro atoms. The Morgan fingerprint density at radius 3 is 2.10 bits per heavy atom. The third kappa shape index (κ3) is 2.83. The van der Waals surface area contributed by atoms with Crippen molar-refractivity contribution in [1.29, 1.82) is 0 Å². The van der Waals surface area contributed by atoms with Crippen molar-refractivity contribution in [1.82, 2.24) is 0 Å². The average Bonchev–Trinajstić information content (AvgIpc) is 3.09. The molecule has 2 aromatic carbocycles. The molecule has 0 aliphatic heterocycles. The normalized spacial score (nSPS) is 21.2. The van der Waals surface area contributed by atoms with Gasteiger partial charge in [-0.15, -0.1) is 11.6 Å². The maximum Gasteiger partial charge on any atom is 0.127 e. The van der Waals surface area contributed by atoms with E-state index in [-0.39, 0.29) is 5.38 Å². The van der Waals surface area contributed by atoms with Gasteiger partial charge in [0.05, 0.1) is 5.38 Å². The van der Waals surface area contributed by atoms with Gasteiger partial charge in [-0.1, -0.05) is 44.2 Å². The van der Waals surface area contributed by atoms with Crippen molar-refractivity contribution in [3.8, 4) is 11.5 Å². The lowest BCUT2D eigenvalue weighted by molar-refractivity contribution is 0.482. The van der Waals surface area contributed by atoms with Crippen LogP contribution in [0.2, 0.25) is 0 Å². The van der Waals surface area contributed by atoms with Gasteiger partial charge in [0.15, 0.2) is 0 Å². The number of hydrogen-bond donors (Lipinski definition) is 0. The second-order valence-electron chi connectivity index (χ2n) is 6.19. The van der Waals surface area contributed by atoms with Crippen LogP contribution < -0.4 is 4.74 Å². The third-order valence-electron chi connectivity index (χ3n) is 4.12. The molecule has 1 fully saturated rings. The highest BCUT2D eigenvalue weighted by Crippen LogP contribution is 2.59. The van der Waals surface area contributed by atoms with E-state index in [2.05, 4.69) is 26.0 Å². The first-order valence-corrected chi connectivity index (χ1v) is 7.47. The van der Waals surface area contributed by atoms with Crippen LogP contribution in [0.25, 0.3) is 0 Å². The highest BCUT2D eigenvalue weighted by atomic mass is 35.5. The van der Waals surface area contributed by atoms with Gasteiger partial charge in [-0.2, -0.15) is 0 Å². The molecule has 0 N–H and O–H groups in total. The summed E-state index contributed by atoms with van der Waals surface area (Å²) in [4.78, 5) is 0. The van der Waals surface area contributed by atoms with Crippen LogP contribution in [0.3, 0.4) is 0 Å². The van der Waals surface area contributed by atoms with Gasteiger partial charge in [-0.3, -0.25) is 0 Å². The molecule has 1 aliphatic rings. The highest BCUT2D eigenvalue weighted by molar-refractivity contribution is 6.21. The molecule has 2 aromatic rings. The molecule has 1 aliphatic carbocycles. The van der Waals surface area contributed by atoms with Crippen molar-refractivity contribution >= 4 is 11.6 Å². The summed E-state index contributed by atoms with van der Waals surface area (Å²) in [7, 11) is 0. The summed E-state index contributed by atoms with van der Waals surface area (Å²) >= 11 is 6.56. The molecule has 2 atom stereocenters. The number of halogens is 1. The molecule has 0 radical (unpaired) electrons. The summed E-state index contributed by atoms with van der Waals surface area (Å²) in [6, 6.07) is 17.9. The Hall–Kier alpha value is -1.47. The predicted octanol–water partition coefficient (Wildman–Crippen LogP) is 5.80. The first-order chi connectivity index (χ1) is 9.56. The zero-order chi connectivity index (χ0) is 14.2.